The first-order valence-corrected chi connectivity index (χ1v) is 6.07. The molecule has 1 heterocycles. The fourth-order valence-electron chi connectivity index (χ4n) is 1.92. The Morgan fingerprint density at radius 3 is 2.05 bits per heavy atom. The molecule has 0 amide bonds. The summed E-state index contributed by atoms with van der Waals surface area (Å²) in [5.74, 6) is -10.5. The lowest BCUT2D eigenvalue weighted by molar-refractivity contribution is 0.163. The normalized spacial score (nSPS) is 12.7. The van der Waals surface area contributed by atoms with E-state index in [1.165, 1.54) is 17.1 Å². The molecule has 3 nitrogen and oxygen atoms in total. The number of aliphatic hydroxyl groups is 1. The van der Waals surface area contributed by atoms with Gasteiger partial charge in [0.25, 0.3) is 0 Å². The Morgan fingerprint density at radius 1 is 1.05 bits per heavy atom. The van der Waals surface area contributed by atoms with Gasteiger partial charge in [-0.25, -0.2) is 22.0 Å². The van der Waals surface area contributed by atoms with Crippen LogP contribution in [0.15, 0.2) is 12.4 Å². The number of aliphatic hydroxyl groups excluding tert-OH is 1. The summed E-state index contributed by atoms with van der Waals surface area (Å²) in [5.41, 5.74) is -0.830. The Labute approximate surface area is 116 Å². The quantitative estimate of drug-likeness (QED) is 0.536. The molecule has 0 fully saturated rings. The summed E-state index contributed by atoms with van der Waals surface area (Å²) in [6.07, 6.45) is 0.663. The number of benzene rings is 1. The third kappa shape index (κ3) is 2.76. The molecule has 114 valence electrons. The van der Waals surface area contributed by atoms with E-state index in [1.807, 2.05) is 0 Å². The smallest absolute Gasteiger partial charge is 0.200 e. The predicted octanol–water partition coefficient (Wildman–Crippen LogP) is 2.87. The Balaban J connectivity index is 2.37. The molecule has 0 radical (unpaired) electrons. The van der Waals surface area contributed by atoms with E-state index < -0.39 is 40.8 Å². The van der Waals surface area contributed by atoms with E-state index in [4.69, 9.17) is 0 Å². The Morgan fingerprint density at radius 2 is 1.57 bits per heavy atom. The predicted molar refractivity (Wildman–Crippen MR) is 62.8 cm³/mol. The van der Waals surface area contributed by atoms with Crippen molar-refractivity contribution >= 4 is 0 Å². The average Bonchev–Trinajstić information content (AvgIpc) is 2.90. The van der Waals surface area contributed by atoms with E-state index >= 15 is 0 Å². The molecule has 0 aliphatic heterocycles. The van der Waals surface area contributed by atoms with E-state index in [1.54, 1.807) is 6.92 Å². The van der Waals surface area contributed by atoms with Crippen molar-refractivity contribution in [2.45, 2.75) is 26.0 Å². The summed E-state index contributed by atoms with van der Waals surface area (Å²) in [6.45, 7) is 2.34. The minimum atomic E-state index is -2.25. The van der Waals surface area contributed by atoms with Gasteiger partial charge in [-0.15, -0.1) is 0 Å². The first-order chi connectivity index (χ1) is 9.86. The van der Waals surface area contributed by atoms with E-state index in [2.05, 4.69) is 5.10 Å². The van der Waals surface area contributed by atoms with Crippen LogP contribution < -0.4 is 0 Å². The number of aromatic nitrogens is 2. The summed E-state index contributed by atoms with van der Waals surface area (Å²) in [5, 5.41) is 13.7. The lowest BCUT2D eigenvalue weighted by Gasteiger charge is -2.13. The summed E-state index contributed by atoms with van der Waals surface area (Å²) < 4.78 is 67.6. The summed E-state index contributed by atoms with van der Waals surface area (Å²) >= 11 is 0. The molecule has 1 aromatic heterocycles. The van der Waals surface area contributed by atoms with Crippen LogP contribution in [-0.4, -0.2) is 14.9 Å². The van der Waals surface area contributed by atoms with Crippen LogP contribution in [-0.2, 0) is 13.0 Å². The molecule has 2 aromatic rings. The van der Waals surface area contributed by atoms with Gasteiger partial charge in [0.05, 0.1) is 17.9 Å². The van der Waals surface area contributed by atoms with E-state index in [0.29, 0.717) is 12.1 Å². The zero-order chi connectivity index (χ0) is 15.7. The van der Waals surface area contributed by atoms with E-state index in [-0.39, 0.29) is 6.42 Å². The van der Waals surface area contributed by atoms with Gasteiger partial charge < -0.3 is 5.11 Å². The third-order valence-corrected chi connectivity index (χ3v) is 3.02. The molecule has 1 atom stereocenters. The highest BCUT2D eigenvalue weighted by Gasteiger charge is 2.29. The van der Waals surface area contributed by atoms with Gasteiger partial charge in [0, 0.05) is 19.2 Å². The van der Waals surface area contributed by atoms with Gasteiger partial charge in [0.15, 0.2) is 23.3 Å². The number of rotatable bonds is 4. The second-order valence-corrected chi connectivity index (χ2v) is 4.41. The maximum Gasteiger partial charge on any atom is 0.200 e. The number of halogens is 5. The molecular weight excluding hydrogens is 295 g/mol. The molecule has 1 N–H and O–H groups in total. The van der Waals surface area contributed by atoms with Crippen LogP contribution in [0.4, 0.5) is 22.0 Å². The van der Waals surface area contributed by atoms with E-state index in [0.717, 1.165) is 0 Å². The Kier molecular flexibility index (Phi) is 4.26. The van der Waals surface area contributed by atoms with Crippen LogP contribution in [0.3, 0.4) is 0 Å². The van der Waals surface area contributed by atoms with Crippen LogP contribution in [0.25, 0.3) is 0 Å². The minimum absolute atomic E-state index is 0.321. The van der Waals surface area contributed by atoms with Gasteiger partial charge in [-0.05, 0) is 12.5 Å². The third-order valence-electron chi connectivity index (χ3n) is 3.02. The molecule has 0 aliphatic carbocycles. The van der Waals surface area contributed by atoms with Crippen molar-refractivity contribution < 1.29 is 27.1 Å². The average molecular weight is 306 g/mol. The van der Waals surface area contributed by atoms with Crippen molar-refractivity contribution in [1.82, 2.24) is 9.78 Å². The largest absolute Gasteiger partial charge is 0.388 e. The topological polar surface area (TPSA) is 38.0 Å². The molecule has 0 saturated carbocycles. The summed E-state index contributed by atoms with van der Waals surface area (Å²) in [7, 11) is 0. The molecular formula is C13H11F5N2O. The van der Waals surface area contributed by atoms with Gasteiger partial charge in [0.1, 0.15) is 0 Å². The zero-order valence-electron chi connectivity index (χ0n) is 10.9. The van der Waals surface area contributed by atoms with Crippen LogP contribution in [0, 0.1) is 29.1 Å². The van der Waals surface area contributed by atoms with Crippen molar-refractivity contribution in [3.63, 3.8) is 0 Å². The number of hydrogen-bond donors (Lipinski definition) is 1. The van der Waals surface area contributed by atoms with Gasteiger partial charge in [-0.2, -0.15) is 5.10 Å². The van der Waals surface area contributed by atoms with Crippen molar-refractivity contribution in [1.29, 1.82) is 0 Å². The van der Waals surface area contributed by atoms with Gasteiger partial charge in [0.2, 0.25) is 5.82 Å². The second kappa shape index (κ2) is 5.80. The van der Waals surface area contributed by atoms with Gasteiger partial charge in [-0.1, -0.05) is 0 Å². The molecule has 0 aliphatic rings. The first kappa shape index (κ1) is 15.4. The minimum Gasteiger partial charge on any atom is -0.388 e. The molecule has 1 aromatic carbocycles. The van der Waals surface area contributed by atoms with Crippen molar-refractivity contribution in [3.8, 4) is 0 Å². The second-order valence-electron chi connectivity index (χ2n) is 4.41. The standard InChI is InChI=1S/C13H11F5N2O/c1-2-20-5-6(4-19-20)3-7(21)8-9(14)11(16)13(18)12(17)10(8)15/h4-5,7,21H,2-3H2,1H3. The van der Waals surface area contributed by atoms with Crippen molar-refractivity contribution in [2.75, 3.05) is 0 Å². The lowest BCUT2D eigenvalue weighted by atomic mass is 10.0. The van der Waals surface area contributed by atoms with Gasteiger partial charge >= 0.3 is 0 Å². The summed E-state index contributed by atoms with van der Waals surface area (Å²) in [4.78, 5) is 0. The van der Waals surface area contributed by atoms with Crippen LogP contribution in [0.5, 0.6) is 0 Å². The fourth-order valence-corrected chi connectivity index (χ4v) is 1.92. The van der Waals surface area contributed by atoms with Crippen molar-refractivity contribution in [2.24, 2.45) is 0 Å². The molecule has 21 heavy (non-hydrogen) atoms. The maximum absolute atomic E-state index is 13.5. The molecule has 0 spiro atoms. The Hall–Kier alpha value is -1.96. The molecule has 0 bridgehead atoms. The molecule has 1 unspecified atom stereocenters. The van der Waals surface area contributed by atoms with Crippen LogP contribution in [0.2, 0.25) is 0 Å². The number of hydrogen-bond acceptors (Lipinski definition) is 2. The zero-order valence-corrected chi connectivity index (χ0v) is 10.9. The summed E-state index contributed by atoms with van der Waals surface area (Å²) in [6, 6.07) is 0. The number of nitrogens with zero attached hydrogens (tertiary/aromatic N) is 2. The number of aryl methyl sites for hydroxylation is 1. The highest BCUT2D eigenvalue weighted by atomic mass is 19.2. The molecule has 2 rings (SSSR count). The maximum atomic E-state index is 13.5. The highest BCUT2D eigenvalue weighted by Crippen LogP contribution is 2.29. The van der Waals surface area contributed by atoms with Crippen LogP contribution in [0.1, 0.15) is 24.2 Å². The highest BCUT2D eigenvalue weighted by molar-refractivity contribution is 5.27. The Bertz CT molecular complexity index is 642. The SMILES string of the molecule is CCn1cc(CC(O)c2c(F)c(F)c(F)c(F)c2F)cn1. The van der Waals surface area contributed by atoms with Crippen molar-refractivity contribution in [3.05, 3.63) is 52.6 Å². The fraction of sp³-hybridized carbons (Fsp3) is 0.308. The first-order valence-electron chi connectivity index (χ1n) is 6.07. The molecule has 8 heteroatoms. The lowest BCUT2D eigenvalue weighted by Crippen LogP contribution is -2.13. The van der Waals surface area contributed by atoms with E-state index in [9.17, 15) is 27.1 Å². The molecule has 0 saturated heterocycles. The van der Waals surface area contributed by atoms with Gasteiger partial charge in [-0.3, -0.25) is 4.68 Å². The monoisotopic (exact) mass is 306 g/mol. The van der Waals surface area contributed by atoms with Crippen LogP contribution >= 0.6 is 0 Å².